The minimum atomic E-state index is 0.314. The second-order valence-electron chi connectivity index (χ2n) is 6.84. The molecule has 0 amide bonds. The molecule has 1 atom stereocenters. The van der Waals surface area contributed by atoms with E-state index in [0.29, 0.717) is 6.10 Å². The SMILES string of the molecule is Cc1nnc2ccc(N3CC[C@H](OCCN4CCCCC4)C3)nn12. The first-order chi connectivity index (χ1) is 11.8. The normalized spacial score (nSPS) is 22.5. The summed E-state index contributed by atoms with van der Waals surface area (Å²) in [7, 11) is 0. The number of hydrogen-bond donors (Lipinski definition) is 0. The molecule has 0 aliphatic carbocycles. The fraction of sp³-hybridized carbons (Fsp3) is 0.706. The van der Waals surface area contributed by atoms with Gasteiger partial charge in [0.25, 0.3) is 0 Å². The van der Waals surface area contributed by atoms with Crippen LogP contribution < -0.4 is 4.90 Å². The van der Waals surface area contributed by atoms with Gasteiger partial charge in [-0.05, 0) is 51.4 Å². The second-order valence-corrected chi connectivity index (χ2v) is 6.84. The van der Waals surface area contributed by atoms with Crippen LogP contribution in [0, 0.1) is 6.92 Å². The number of fused-ring (bicyclic) bond motifs is 1. The molecule has 0 saturated carbocycles. The van der Waals surface area contributed by atoms with E-state index < -0.39 is 0 Å². The van der Waals surface area contributed by atoms with Crippen molar-refractivity contribution in [2.24, 2.45) is 0 Å². The van der Waals surface area contributed by atoms with E-state index in [9.17, 15) is 0 Å². The second kappa shape index (κ2) is 7.03. The molecule has 130 valence electrons. The van der Waals surface area contributed by atoms with E-state index in [2.05, 4.69) is 25.1 Å². The van der Waals surface area contributed by atoms with E-state index in [0.717, 1.165) is 50.0 Å². The summed E-state index contributed by atoms with van der Waals surface area (Å²) in [4.78, 5) is 4.82. The Kier molecular flexibility index (Phi) is 4.62. The van der Waals surface area contributed by atoms with Crippen LogP contribution in [-0.2, 0) is 4.74 Å². The third-order valence-corrected chi connectivity index (χ3v) is 5.08. The van der Waals surface area contributed by atoms with Gasteiger partial charge < -0.3 is 14.5 Å². The highest BCUT2D eigenvalue weighted by atomic mass is 16.5. The topological polar surface area (TPSA) is 58.8 Å². The fourth-order valence-corrected chi connectivity index (χ4v) is 3.66. The molecule has 2 aromatic heterocycles. The fourth-order valence-electron chi connectivity index (χ4n) is 3.66. The van der Waals surface area contributed by atoms with Crippen molar-refractivity contribution in [1.82, 2.24) is 24.7 Å². The van der Waals surface area contributed by atoms with Crippen LogP contribution in [0.4, 0.5) is 5.82 Å². The summed E-state index contributed by atoms with van der Waals surface area (Å²) in [5, 5.41) is 12.8. The summed E-state index contributed by atoms with van der Waals surface area (Å²) in [6.45, 7) is 8.22. The van der Waals surface area contributed by atoms with Crippen molar-refractivity contribution in [2.45, 2.75) is 38.7 Å². The number of rotatable bonds is 5. The lowest BCUT2D eigenvalue weighted by molar-refractivity contribution is 0.0467. The van der Waals surface area contributed by atoms with Crippen molar-refractivity contribution in [2.75, 3.05) is 44.2 Å². The van der Waals surface area contributed by atoms with E-state index in [1.54, 1.807) is 4.52 Å². The standard InChI is InChI=1S/C17H26N6O/c1-14-18-19-16-5-6-17(20-23(14)16)22-10-7-15(13-22)24-12-11-21-8-3-2-4-9-21/h5-6,15H,2-4,7-13H2,1H3/t15-/m0/s1. The van der Waals surface area contributed by atoms with E-state index in [4.69, 9.17) is 4.74 Å². The predicted octanol–water partition coefficient (Wildman–Crippen LogP) is 1.51. The maximum atomic E-state index is 6.11. The molecule has 0 N–H and O–H groups in total. The largest absolute Gasteiger partial charge is 0.375 e. The van der Waals surface area contributed by atoms with Gasteiger partial charge >= 0.3 is 0 Å². The Morgan fingerprint density at radius 2 is 2.00 bits per heavy atom. The first kappa shape index (κ1) is 15.8. The zero-order valence-corrected chi connectivity index (χ0v) is 14.4. The van der Waals surface area contributed by atoms with E-state index in [1.165, 1.54) is 32.4 Å². The monoisotopic (exact) mass is 330 g/mol. The van der Waals surface area contributed by atoms with Crippen molar-refractivity contribution in [1.29, 1.82) is 0 Å². The van der Waals surface area contributed by atoms with Gasteiger partial charge in [-0.15, -0.1) is 15.3 Å². The average Bonchev–Trinajstić information content (AvgIpc) is 3.23. The van der Waals surface area contributed by atoms with Crippen LogP contribution in [-0.4, -0.2) is 70.1 Å². The lowest BCUT2D eigenvalue weighted by Crippen LogP contribution is -2.34. The summed E-state index contributed by atoms with van der Waals surface area (Å²) in [6.07, 6.45) is 5.45. The molecule has 0 unspecified atom stereocenters. The number of piperidine rings is 1. The summed E-state index contributed by atoms with van der Waals surface area (Å²) in [6, 6.07) is 4.01. The number of nitrogens with zero attached hydrogens (tertiary/aromatic N) is 6. The van der Waals surface area contributed by atoms with E-state index in [1.807, 2.05) is 19.1 Å². The van der Waals surface area contributed by atoms with Crippen LogP contribution in [0.1, 0.15) is 31.5 Å². The Hall–Kier alpha value is -1.73. The van der Waals surface area contributed by atoms with Gasteiger partial charge in [-0.2, -0.15) is 4.52 Å². The molecule has 24 heavy (non-hydrogen) atoms. The summed E-state index contributed by atoms with van der Waals surface area (Å²) in [5.41, 5.74) is 0.796. The van der Waals surface area contributed by atoms with Crippen LogP contribution in [0.3, 0.4) is 0 Å². The Balaban J connectivity index is 1.29. The van der Waals surface area contributed by atoms with Gasteiger partial charge in [0.15, 0.2) is 11.5 Å². The maximum absolute atomic E-state index is 6.11. The molecule has 4 rings (SSSR count). The Labute approximate surface area is 142 Å². The van der Waals surface area contributed by atoms with Crippen molar-refractivity contribution in [3.63, 3.8) is 0 Å². The van der Waals surface area contributed by atoms with Gasteiger partial charge in [-0.25, -0.2) is 0 Å². The summed E-state index contributed by atoms with van der Waals surface area (Å²) in [5.74, 6) is 1.80. The number of ether oxygens (including phenoxy) is 1. The molecule has 0 spiro atoms. The third-order valence-electron chi connectivity index (χ3n) is 5.08. The quantitative estimate of drug-likeness (QED) is 0.828. The minimum absolute atomic E-state index is 0.314. The lowest BCUT2D eigenvalue weighted by Gasteiger charge is -2.26. The number of aromatic nitrogens is 4. The van der Waals surface area contributed by atoms with Crippen molar-refractivity contribution in [3.05, 3.63) is 18.0 Å². The first-order valence-corrected chi connectivity index (χ1v) is 9.07. The molecule has 7 heteroatoms. The highest BCUT2D eigenvalue weighted by molar-refractivity contribution is 5.46. The zero-order valence-electron chi connectivity index (χ0n) is 14.4. The predicted molar refractivity (Wildman–Crippen MR) is 92.4 cm³/mol. The van der Waals surface area contributed by atoms with Gasteiger partial charge in [-0.3, -0.25) is 0 Å². The first-order valence-electron chi connectivity index (χ1n) is 9.07. The van der Waals surface area contributed by atoms with Gasteiger partial charge in [0, 0.05) is 19.6 Å². The molecule has 4 heterocycles. The minimum Gasteiger partial charge on any atom is -0.375 e. The van der Waals surface area contributed by atoms with Crippen molar-refractivity contribution < 1.29 is 4.74 Å². The lowest BCUT2D eigenvalue weighted by atomic mass is 10.1. The molecule has 7 nitrogen and oxygen atoms in total. The molecule has 2 aromatic rings. The van der Waals surface area contributed by atoms with Crippen LogP contribution in [0.2, 0.25) is 0 Å². The number of aryl methyl sites for hydroxylation is 1. The van der Waals surface area contributed by atoms with Crippen LogP contribution >= 0.6 is 0 Å². The van der Waals surface area contributed by atoms with Gasteiger partial charge in [0.05, 0.1) is 12.7 Å². The molecular weight excluding hydrogens is 304 g/mol. The van der Waals surface area contributed by atoms with E-state index >= 15 is 0 Å². The molecule has 2 saturated heterocycles. The Morgan fingerprint density at radius 3 is 2.88 bits per heavy atom. The van der Waals surface area contributed by atoms with Crippen molar-refractivity contribution >= 4 is 11.5 Å². The summed E-state index contributed by atoms with van der Waals surface area (Å²) >= 11 is 0. The summed E-state index contributed by atoms with van der Waals surface area (Å²) < 4.78 is 7.92. The maximum Gasteiger partial charge on any atom is 0.178 e. The Bertz CT molecular complexity index is 681. The van der Waals surface area contributed by atoms with Gasteiger partial charge in [0.1, 0.15) is 5.82 Å². The number of anilines is 1. The number of hydrogen-bond acceptors (Lipinski definition) is 6. The third kappa shape index (κ3) is 3.37. The van der Waals surface area contributed by atoms with Crippen LogP contribution in [0.25, 0.3) is 5.65 Å². The Morgan fingerprint density at radius 1 is 1.12 bits per heavy atom. The van der Waals surface area contributed by atoms with Gasteiger partial charge in [0.2, 0.25) is 0 Å². The molecule has 0 radical (unpaired) electrons. The molecule has 0 aromatic carbocycles. The smallest absolute Gasteiger partial charge is 0.178 e. The molecule has 0 bridgehead atoms. The average molecular weight is 330 g/mol. The van der Waals surface area contributed by atoms with Crippen LogP contribution in [0.5, 0.6) is 0 Å². The van der Waals surface area contributed by atoms with Gasteiger partial charge in [-0.1, -0.05) is 6.42 Å². The molecule has 2 aliphatic rings. The zero-order chi connectivity index (χ0) is 16.4. The van der Waals surface area contributed by atoms with Crippen LogP contribution in [0.15, 0.2) is 12.1 Å². The van der Waals surface area contributed by atoms with E-state index in [-0.39, 0.29) is 0 Å². The molecule has 2 aliphatic heterocycles. The van der Waals surface area contributed by atoms with Crippen molar-refractivity contribution in [3.8, 4) is 0 Å². The molecular formula is C17H26N6O. The highest BCUT2D eigenvalue weighted by Gasteiger charge is 2.25. The number of likely N-dealkylation sites (tertiary alicyclic amines) is 1. The highest BCUT2D eigenvalue weighted by Crippen LogP contribution is 2.20. The molecule has 2 fully saturated rings.